The van der Waals surface area contributed by atoms with E-state index in [4.69, 9.17) is 4.42 Å². The summed E-state index contributed by atoms with van der Waals surface area (Å²) in [6, 6.07) is 181. The molecule has 0 bridgehead atoms. The minimum atomic E-state index is 0.915. The quantitative estimate of drug-likeness (QED) is 0.142. The van der Waals surface area contributed by atoms with E-state index in [9.17, 15) is 0 Å². The Morgan fingerprint density at radius 3 is 0.743 bits per heavy atom. The molecule has 652 valence electrons. The van der Waals surface area contributed by atoms with Crippen LogP contribution in [0.4, 0.5) is 0 Å². The predicted octanol–water partition coefficient (Wildman–Crippen LogP) is 36.4. The lowest BCUT2D eigenvalue weighted by atomic mass is 9.99. The highest BCUT2D eigenvalue weighted by Crippen LogP contribution is 2.53. The molecule has 0 aliphatic carbocycles. The average molecular weight is 1800 g/mol. The number of benzene rings is 23. The highest BCUT2D eigenvalue weighted by molar-refractivity contribution is 7.25. The third kappa shape index (κ3) is 12.0. The highest BCUT2D eigenvalue weighted by Gasteiger charge is 2.30. The van der Waals surface area contributed by atoms with Gasteiger partial charge in [-0.2, -0.15) is 0 Å². The van der Waals surface area contributed by atoms with Crippen LogP contribution >= 0.6 is 11.3 Å². The Labute approximate surface area is 807 Å². The molecule has 0 saturated heterocycles. The van der Waals surface area contributed by atoms with E-state index in [-0.39, 0.29) is 0 Å². The van der Waals surface area contributed by atoms with Crippen LogP contribution in [-0.4, -0.2) is 27.4 Å². The largest absolute Gasteiger partial charge is 0.456 e. The van der Waals surface area contributed by atoms with Crippen LogP contribution in [0.25, 0.3) is 273 Å². The molecule has 0 aliphatic rings. The summed E-state index contributed by atoms with van der Waals surface area (Å²) in [6.07, 6.45) is 0. The monoisotopic (exact) mass is 1800 g/mol. The molecule has 0 spiro atoms. The summed E-state index contributed by atoms with van der Waals surface area (Å²) in [5.74, 6) is 0. The molecular weight excluding hydrogens is 1720 g/mol. The number of furan rings is 1. The highest BCUT2D eigenvalue weighted by atomic mass is 32.1. The van der Waals surface area contributed by atoms with Crippen molar-refractivity contribution in [1.82, 2.24) is 27.4 Å². The van der Waals surface area contributed by atoms with E-state index in [1.807, 2.05) is 23.5 Å². The van der Waals surface area contributed by atoms with E-state index in [0.717, 1.165) is 44.7 Å². The summed E-state index contributed by atoms with van der Waals surface area (Å²) >= 11 is 1.87. The lowest BCUT2D eigenvalue weighted by Crippen LogP contribution is -1.96. The van der Waals surface area contributed by atoms with Crippen molar-refractivity contribution < 1.29 is 4.42 Å². The van der Waals surface area contributed by atoms with Gasteiger partial charge in [0.2, 0.25) is 0 Å². The molecule has 0 atom stereocenters. The van der Waals surface area contributed by atoms with Crippen molar-refractivity contribution in [2.45, 2.75) is 0 Å². The molecular formula is C132H82N6OS. The van der Waals surface area contributed by atoms with Crippen molar-refractivity contribution >= 4 is 217 Å². The lowest BCUT2D eigenvalue weighted by molar-refractivity contribution is 0.669. The van der Waals surface area contributed by atoms with Crippen molar-refractivity contribution in [3.05, 3.63) is 497 Å². The van der Waals surface area contributed by atoms with E-state index in [0.29, 0.717) is 0 Å². The van der Waals surface area contributed by atoms with Gasteiger partial charge in [-0.3, -0.25) is 0 Å². The molecule has 0 N–H and O–H groups in total. The summed E-state index contributed by atoms with van der Waals surface area (Å²) in [5, 5.41) is 27.8. The molecule has 8 heteroatoms. The number of hydrogen-bond donors (Lipinski definition) is 0. The van der Waals surface area contributed by atoms with Crippen LogP contribution in [0.5, 0.6) is 0 Å². The first-order chi connectivity index (χ1) is 69.5. The Hall–Kier alpha value is -18.3. The third-order valence-corrected chi connectivity index (χ3v) is 30.4. The van der Waals surface area contributed by atoms with E-state index in [1.165, 1.54) is 228 Å². The Kier molecular flexibility index (Phi) is 17.9. The van der Waals surface area contributed by atoms with Gasteiger partial charge in [0.15, 0.2) is 0 Å². The number of fused-ring (bicyclic) bond motifs is 36. The first-order valence-electron chi connectivity index (χ1n) is 48.0. The van der Waals surface area contributed by atoms with Gasteiger partial charge >= 0.3 is 0 Å². The van der Waals surface area contributed by atoms with Crippen LogP contribution in [0, 0.1) is 0 Å². The van der Waals surface area contributed by atoms with Gasteiger partial charge in [-0.1, -0.05) is 352 Å². The fraction of sp³-hybridized carbons (Fsp3) is 0. The molecule has 0 unspecified atom stereocenters. The number of nitrogens with zero attached hydrogens (tertiary/aromatic N) is 6. The first-order valence-corrected chi connectivity index (χ1v) is 48.8. The molecule has 0 aliphatic heterocycles. The number of aromatic nitrogens is 6. The van der Waals surface area contributed by atoms with Crippen molar-refractivity contribution in [3.63, 3.8) is 0 Å². The smallest absolute Gasteiger partial charge is 0.135 e. The van der Waals surface area contributed by atoms with Crippen LogP contribution in [0.15, 0.2) is 502 Å². The van der Waals surface area contributed by atoms with Crippen molar-refractivity contribution in [2.24, 2.45) is 0 Å². The lowest BCUT2D eigenvalue weighted by Gasteiger charge is -2.13. The molecule has 0 radical (unpaired) electrons. The van der Waals surface area contributed by atoms with Crippen LogP contribution in [0.3, 0.4) is 0 Å². The SMILES string of the molecule is c1ccc(-c2ccc(-n3c4ccccc4c4c5ccccc5c5c(c6ccccc6n5-c5ccccc5)c43)cc2)cc1.c1ccc(-n2c3ccccc3c3c2c2ccccc2c2c4ccccc4n(-c4ccc(-c5ccc6oc7ccccc7c6c5)cc4)c23)cc1.c1ccc(-n2c3ccccc3c3c2c2ccccc2c2c4ccccc4n(-c4ccc(-c5ccc6sc7ccccc7c6c5)cc4)c23)cc1. The van der Waals surface area contributed by atoms with E-state index >= 15 is 0 Å². The summed E-state index contributed by atoms with van der Waals surface area (Å²) < 4.78 is 23.6. The zero-order valence-electron chi connectivity index (χ0n) is 75.8. The second-order valence-corrected chi connectivity index (χ2v) is 37.8. The number of para-hydroxylation sites is 10. The normalized spacial score (nSPS) is 12.0. The maximum atomic E-state index is 6.11. The van der Waals surface area contributed by atoms with Crippen LogP contribution in [0.1, 0.15) is 0 Å². The fourth-order valence-electron chi connectivity index (χ4n) is 23.4. The van der Waals surface area contributed by atoms with Crippen LogP contribution < -0.4 is 0 Å². The van der Waals surface area contributed by atoms with E-state index in [1.54, 1.807) is 0 Å². The Morgan fingerprint density at radius 2 is 0.371 bits per heavy atom. The summed E-state index contributed by atoms with van der Waals surface area (Å²) in [6.45, 7) is 0. The van der Waals surface area contributed by atoms with Gasteiger partial charge in [0.1, 0.15) is 11.2 Å². The number of rotatable bonds is 9. The Morgan fingerprint density at radius 1 is 0.136 bits per heavy atom. The molecule has 8 aromatic heterocycles. The van der Waals surface area contributed by atoms with Gasteiger partial charge in [0.05, 0.1) is 66.2 Å². The van der Waals surface area contributed by atoms with Crippen molar-refractivity contribution in [3.8, 4) is 67.5 Å². The molecule has 8 heterocycles. The summed E-state index contributed by atoms with van der Waals surface area (Å²) in [7, 11) is 0. The first kappa shape index (κ1) is 79.1. The molecule has 0 saturated carbocycles. The molecule has 0 fully saturated rings. The Bertz CT molecular complexity index is 10100. The van der Waals surface area contributed by atoms with Gasteiger partial charge in [-0.05, 0) is 195 Å². The zero-order chi connectivity index (χ0) is 91.7. The second kappa shape index (κ2) is 31.6. The van der Waals surface area contributed by atoms with Crippen LogP contribution in [0.2, 0.25) is 0 Å². The van der Waals surface area contributed by atoms with Crippen molar-refractivity contribution in [1.29, 1.82) is 0 Å². The maximum Gasteiger partial charge on any atom is 0.135 e. The third-order valence-electron chi connectivity index (χ3n) is 29.3. The zero-order valence-corrected chi connectivity index (χ0v) is 76.7. The molecule has 23 aromatic carbocycles. The fourth-order valence-corrected chi connectivity index (χ4v) is 24.5. The topological polar surface area (TPSA) is 42.7 Å². The van der Waals surface area contributed by atoms with Gasteiger partial charge in [0.25, 0.3) is 0 Å². The number of thiophene rings is 1. The Balaban J connectivity index is 0.000000101. The summed E-state index contributed by atoms with van der Waals surface area (Å²) in [4.78, 5) is 0. The minimum absolute atomic E-state index is 0.915. The molecule has 140 heavy (non-hydrogen) atoms. The molecule has 0 amide bonds. The number of hydrogen-bond acceptors (Lipinski definition) is 2. The summed E-state index contributed by atoms with van der Waals surface area (Å²) in [5.41, 5.74) is 30.8. The molecule has 31 aromatic rings. The molecule has 7 nitrogen and oxygen atoms in total. The van der Waals surface area contributed by atoms with Gasteiger partial charge in [-0.25, -0.2) is 0 Å². The van der Waals surface area contributed by atoms with Gasteiger partial charge in [0, 0.05) is 146 Å². The maximum absolute atomic E-state index is 6.11. The second-order valence-electron chi connectivity index (χ2n) is 36.7. The average Bonchev–Trinajstić information content (AvgIpc) is 1.53. The van der Waals surface area contributed by atoms with E-state index < -0.39 is 0 Å². The van der Waals surface area contributed by atoms with Gasteiger partial charge < -0.3 is 31.8 Å². The van der Waals surface area contributed by atoms with Crippen molar-refractivity contribution in [2.75, 3.05) is 0 Å². The minimum Gasteiger partial charge on any atom is -0.456 e. The van der Waals surface area contributed by atoms with Gasteiger partial charge in [-0.15, -0.1) is 11.3 Å². The predicted molar refractivity (Wildman–Crippen MR) is 594 cm³/mol. The van der Waals surface area contributed by atoms with E-state index in [2.05, 4.69) is 513 Å². The van der Waals surface area contributed by atoms with Crippen LogP contribution in [-0.2, 0) is 0 Å². The molecule has 31 rings (SSSR count). The standard InChI is InChI=1S/C46H28N2O.C46H28N2S.C40H26N2/c2*1-2-12-31(13-3-1)47-40-20-10-7-18-37(40)44-45(47)35-16-5-4-15-34(35)43-36-17-6-9-19-39(36)48(46(43)44)32-25-22-29(23-26-32)30-24-27-42-38(28-30)33-14-8-11-21-41(33)49-42;1-3-13-27(14-4-1)28-23-25-30(26-24-28)42-35-21-11-9-19-33(35)37-31-17-7-8-18-32(31)39-38(40(37)42)34-20-10-12-22-36(34)41(39)29-15-5-2-6-16-29/h2*1-28H;1-26H.